The van der Waals surface area contributed by atoms with Crippen molar-refractivity contribution < 1.29 is 21.1 Å². The summed E-state index contributed by atoms with van der Waals surface area (Å²) in [6.07, 6.45) is 4.08. The number of nitrogens with zero attached hydrogens (tertiary/aromatic N) is 5. The second kappa shape index (κ2) is 12.6. The van der Waals surface area contributed by atoms with Crippen molar-refractivity contribution in [1.82, 2.24) is 18.7 Å². The van der Waals surface area contributed by atoms with Crippen LogP contribution in [0.2, 0.25) is 0 Å². The van der Waals surface area contributed by atoms with E-state index in [0.29, 0.717) is 6.04 Å². The molecule has 8 aromatic rings. The molecule has 0 fully saturated rings. The van der Waals surface area contributed by atoms with Crippen molar-refractivity contribution in [3.63, 3.8) is 0 Å². The van der Waals surface area contributed by atoms with Gasteiger partial charge in [0.15, 0.2) is 17.4 Å². The summed E-state index contributed by atoms with van der Waals surface area (Å²) in [5.41, 5.74) is 12.0. The van der Waals surface area contributed by atoms with E-state index in [1.165, 1.54) is 22.0 Å². The maximum atomic E-state index is 4.80. The van der Waals surface area contributed by atoms with E-state index in [1.54, 1.807) is 0 Å². The van der Waals surface area contributed by atoms with Gasteiger partial charge in [-0.3, -0.25) is 0 Å². The van der Waals surface area contributed by atoms with E-state index >= 15 is 0 Å². The summed E-state index contributed by atoms with van der Waals surface area (Å²) in [6.45, 7) is 10.9. The number of anilines is 3. The number of fused-ring (bicyclic) bond motifs is 4. The number of para-hydroxylation sites is 4. The molecule has 0 radical (unpaired) electrons. The van der Waals surface area contributed by atoms with Crippen LogP contribution in [0.25, 0.3) is 44.3 Å². The molecule has 0 N–H and O–H groups in total. The van der Waals surface area contributed by atoms with Gasteiger partial charge in [0.05, 0.1) is 6.04 Å². The number of aryl methyl sites for hydroxylation is 3. The third-order valence-electron chi connectivity index (χ3n) is 9.08. The number of aromatic nitrogens is 4. The van der Waals surface area contributed by atoms with Gasteiger partial charge < -0.3 is 9.47 Å². The van der Waals surface area contributed by atoms with Gasteiger partial charge in [0.1, 0.15) is 5.82 Å². The van der Waals surface area contributed by atoms with E-state index in [-0.39, 0.29) is 21.1 Å². The van der Waals surface area contributed by atoms with Crippen LogP contribution in [0.15, 0.2) is 122 Å². The van der Waals surface area contributed by atoms with Crippen LogP contribution in [-0.4, -0.2) is 18.7 Å². The van der Waals surface area contributed by atoms with Crippen LogP contribution in [0.4, 0.5) is 17.1 Å². The van der Waals surface area contributed by atoms with Gasteiger partial charge in [-0.05, 0) is 87.0 Å². The van der Waals surface area contributed by atoms with E-state index in [4.69, 9.17) is 4.98 Å². The smallest absolute Gasteiger partial charge is 0.188 e. The Hall–Kier alpha value is -4.99. The fourth-order valence-corrected chi connectivity index (χ4v) is 6.88. The van der Waals surface area contributed by atoms with Gasteiger partial charge in [-0.15, -0.1) is 29.7 Å². The molecule has 5 aromatic carbocycles. The number of rotatable bonds is 6. The van der Waals surface area contributed by atoms with Crippen molar-refractivity contribution in [3.8, 4) is 11.5 Å². The number of hydrogen-bond donors (Lipinski definition) is 0. The Labute approximate surface area is 296 Å². The molecule has 3 heterocycles. The molecule has 0 atom stereocenters. The van der Waals surface area contributed by atoms with Crippen LogP contribution in [0.1, 0.15) is 36.6 Å². The Balaban J connectivity index is 0.00000364. The molecule has 5 nitrogen and oxygen atoms in total. The minimum absolute atomic E-state index is 0. The predicted octanol–water partition coefficient (Wildman–Crippen LogP) is 10.8. The van der Waals surface area contributed by atoms with Crippen molar-refractivity contribution in [3.05, 3.63) is 151 Å². The molecule has 0 aliphatic rings. The molecule has 0 unspecified atom stereocenters. The number of imidazole rings is 1. The summed E-state index contributed by atoms with van der Waals surface area (Å²) in [6, 6.07) is 46.6. The average Bonchev–Trinajstić information content (AvgIpc) is 3.63. The van der Waals surface area contributed by atoms with E-state index < -0.39 is 0 Å². The third-order valence-corrected chi connectivity index (χ3v) is 9.08. The summed E-state index contributed by atoms with van der Waals surface area (Å²) >= 11 is 0. The molecule has 6 heteroatoms. The zero-order valence-electron chi connectivity index (χ0n) is 27.7. The SMILES string of the molecule is Cc1ccnc(-n2c3[c-]c(N(c4[c-]c(-n5[cH+]n(C(C)C)c6ccccc65)ccc4)c4c(C)cccc4C)ccc3c3ccccc32)c1.[Pt]. The third kappa shape index (κ3) is 5.23. The van der Waals surface area contributed by atoms with Crippen molar-refractivity contribution in [2.75, 3.05) is 4.90 Å². The molecule has 3 aromatic heterocycles. The standard InChI is InChI=1S/C42H36N5.Pt/c1-28(2)44-27-45(39-19-9-8-18-38(39)44)32-14-11-15-33(25-32)46(42-30(4)12-10-13-31(42)5)34-20-21-36-35-16-6-7-17-37(35)47(40(36)26-34)41-24-29(3)22-23-43-41;/h6-24,27-28H,1-5H3;/q-1;. The average molecular weight is 806 g/mol. The largest absolute Gasteiger partial charge is 0.357 e. The van der Waals surface area contributed by atoms with Gasteiger partial charge in [-0.2, -0.15) is 12.1 Å². The maximum absolute atomic E-state index is 4.80. The molecule has 0 aliphatic heterocycles. The van der Waals surface area contributed by atoms with Crippen LogP contribution < -0.4 is 4.90 Å². The van der Waals surface area contributed by atoms with Crippen LogP contribution in [0, 0.1) is 32.9 Å². The Morgan fingerprint density at radius 1 is 0.688 bits per heavy atom. The Bertz CT molecular complexity index is 2430. The van der Waals surface area contributed by atoms with E-state index in [2.05, 4.69) is 175 Å². The zero-order chi connectivity index (χ0) is 32.2. The monoisotopic (exact) mass is 805 g/mol. The van der Waals surface area contributed by atoms with Gasteiger partial charge in [0, 0.05) is 56.3 Å². The van der Waals surface area contributed by atoms with E-state index in [9.17, 15) is 0 Å². The zero-order valence-corrected chi connectivity index (χ0v) is 29.9. The molecule has 0 saturated carbocycles. The van der Waals surface area contributed by atoms with Gasteiger partial charge >= 0.3 is 0 Å². The summed E-state index contributed by atoms with van der Waals surface area (Å²) < 4.78 is 6.80. The minimum atomic E-state index is 0. The molecule has 0 spiro atoms. The first-order valence-electron chi connectivity index (χ1n) is 16.2. The Morgan fingerprint density at radius 2 is 1.38 bits per heavy atom. The first-order chi connectivity index (χ1) is 22.9. The minimum Gasteiger partial charge on any atom is -0.357 e. The van der Waals surface area contributed by atoms with Crippen LogP contribution >= 0.6 is 0 Å². The Kier molecular flexibility index (Phi) is 8.27. The normalized spacial score (nSPS) is 11.5. The number of benzene rings is 5. The van der Waals surface area contributed by atoms with Gasteiger partial charge in [0.25, 0.3) is 0 Å². The molecular formula is C42H36N5Pt-. The van der Waals surface area contributed by atoms with E-state index in [1.807, 2.05) is 12.3 Å². The first kappa shape index (κ1) is 31.6. The fraction of sp³-hybridized carbons (Fsp3) is 0.143. The fourth-order valence-electron chi connectivity index (χ4n) is 6.88. The van der Waals surface area contributed by atoms with Gasteiger partial charge in [-0.25, -0.2) is 14.1 Å². The van der Waals surface area contributed by atoms with Crippen LogP contribution in [0.5, 0.6) is 0 Å². The molecule has 0 bridgehead atoms. The molecular weight excluding hydrogens is 770 g/mol. The molecule has 0 saturated heterocycles. The first-order valence-corrected chi connectivity index (χ1v) is 16.2. The van der Waals surface area contributed by atoms with E-state index in [0.717, 1.165) is 56.1 Å². The second-order valence-electron chi connectivity index (χ2n) is 12.6. The van der Waals surface area contributed by atoms with Crippen LogP contribution in [0.3, 0.4) is 0 Å². The molecule has 0 amide bonds. The summed E-state index contributed by atoms with van der Waals surface area (Å²) in [7, 11) is 0. The maximum Gasteiger partial charge on any atom is 0.188 e. The molecule has 48 heavy (non-hydrogen) atoms. The number of hydrogen-bond acceptors (Lipinski definition) is 2. The Morgan fingerprint density at radius 3 is 2.12 bits per heavy atom. The summed E-state index contributed by atoms with van der Waals surface area (Å²) in [4.78, 5) is 7.11. The quantitative estimate of drug-likeness (QED) is 0.157. The van der Waals surface area contributed by atoms with Gasteiger partial charge in [0.2, 0.25) is 0 Å². The van der Waals surface area contributed by atoms with Crippen molar-refractivity contribution >= 4 is 49.9 Å². The predicted molar refractivity (Wildman–Crippen MR) is 195 cm³/mol. The van der Waals surface area contributed by atoms with Crippen LogP contribution in [-0.2, 0) is 21.1 Å². The summed E-state index contributed by atoms with van der Waals surface area (Å²) in [5.74, 6) is 0.884. The topological polar surface area (TPSA) is 30.9 Å². The summed E-state index contributed by atoms with van der Waals surface area (Å²) in [5, 5.41) is 2.32. The van der Waals surface area contributed by atoms with Crippen molar-refractivity contribution in [2.45, 2.75) is 40.7 Å². The number of pyridine rings is 1. The van der Waals surface area contributed by atoms with Crippen molar-refractivity contribution in [2.24, 2.45) is 0 Å². The van der Waals surface area contributed by atoms with Gasteiger partial charge in [-0.1, -0.05) is 59.4 Å². The second-order valence-corrected chi connectivity index (χ2v) is 12.6. The molecule has 240 valence electrons. The molecule has 0 aliphatic carbocycles. The van der Waals surface area contributed by atoms with Crippen molar-refractivity contribution in [1.29, 1.82) is 0 Å². The molecule has 8 rings (SSSR count).